The van der Waals surface area contributed by atoms with Crippen LogP contribution in [0.1, 0.15) is 26.7 Å². The quantitative estimate of drug-likeness (QED) is 0.661. The third-order valence-corrected chi connectivity index (χ3v) is 2.82. The zero-order chi connectivity index (χ0) is 11.0. The van der Waals surface area contributed by atoms with Gasteiger partial charge in [-0.25, -0.2) is 0 Å². The number of esters is 1. The Morgan fingerprint density at radius 1 is 1.57 bits per heavy atom. The second-order valence-electron chi connectivity index (χ2n) is 3.41. The Kier molecular flexibility index (Phi) is 7.99. The second kappa shape index (κ2) is 8.12. The first-order valence-electron chi connectivity index (χ1n) is 4.95. The van der Waals surface area contributed by atoms with Crippen molar-refractivity contribution >= 4 is 17.7 Å². The number of nitrogens with one attached hydrogen (secondary N) is 1. The number of carbonyl (C=O) groups is 1. The average Bonchev–Trinajstić information content (AvgIpc) is 2.16. The molecule has 0 amide bonds. The van der Waals surface area contributed by atoms with Gasteiger partial charge in [-0.1, -0.05) is 6.92 Å². The van der Waals surface area contributed by atoms with Crippen molar-refractivity contribution in [2.75, 3.05) is 19.1 Å². The van der Waals surface area contributed by atoms with Crippen LogP contribution in [0.2, 0.25) is 0 Å². The van der Waals surface area contributed by atoms with E-state index in [2.05, 4.69) is 23.2 Å². The predicted octanol–water partition coefficient (Wildman–Crippen LogP) is 1.67. The van der Waals surface area contributed by atoms with Gasteiger partial charge in [-0.05, 0) is 19.6 Å². The van der Waals surface area contributed by atoms with Gasteiger partial charge in [-0.3, -0.25) is 4.79 Å². The summed E-state index contributed by atoms with van der Waals surface area (Å²) in [7, 11) is 1.42. The molecule has 0 spiro atoms. The van der Waals surface area contributed by atoms with Crippen molar-refractivity contribution in [3.05, 3.63) is 0 Å². The number of hydrogen-bond acceptors (Lipinski definition) is 4. The lowest BCUT2D eigenvalue weighted by atomic mass is 10.2. The van der Waals surface area contributed by atoms with E-state index in [-0.39, 0.29) is 12.0 Å². The minimum atomic E-state index is -0.149. The van der Waals surface area contributed by atoms with Gasteiger partial charge in [0.15, 0.2) is 0 Å². The summed E-state index contributed by atoms with van der Waals surface area (Å²) in [6.45, 7) is 4.17. The molecular formula is C10H21NO2S. The molecule has 0 aliphatic carbocycles. The van der Waals surface area contributed by atoms with Crippen LogP contribution in [0.15, 0.2) is 0 Å². The minimum absolute atomic E-state index is 0.149. The first-order chi connectivity index (χ1) is 6.63. The van der Waals surface area contributed by atoms with Gasteiger partial charge in [-0.15, -0.1) is 0 Å². The summed E-state index contributed by atoms with van der Waals surface area (Å²) in [6.07, 6.45) is 3.63. The van der Waals surface area contributed by atoms with E-state index in [0.717, 1.165) is 12.2 Å². The molecule has 0 saturated heterocycles. The molecule has 2 unspecified atom stereocenters. The van der Waals surface area contributed by atoms with E-state index < -0.39 is 0 Å². The third kappa shape index (κ3) is 6.27. The topological polar surface area (TPSA) is 38.3 Å². The molecular weight excluding hydrogens is 198 g/mol. The van der Waals surface area contributed by atoms with Gasteiger partial charge in [0.2, 0.25) is 0 Å². The van der Waals surface area contributed by atoms with Crippen LogP contribution in [-0.4, -0.2) is 37.2 Å². The maximum Gasteiger partial charge on any atom is 0.307 e. The Labute approximate surface area is 91.0 Å². The molecule has 0 rings (SSSR count). The van der Waals surface area contributed by atoms with Crippen molar-refractivity contribution in [2.24, 2.45) is 0 Å². The maximum atomic E-state index is 11.0. The highest BCUT2D eigenvalue weighted by Gasteiger charge is 2.12. The molecule has 0 radical (unpaired) electrons. The summed E-state index contributed by atoms with van der Waals surface area (Å²) >= 11 is 1.82. The van der Waals surface area contributed by atoms with Gasteiger partial charge in [0.05, 0.1) is 13.5 Å². The van der Waals surface area contributed by atoms with E-state index in [1.54, 1.807) is 0 Å². The van der Waals surface area contributed by atoms with Crippen LogP contribution in [0.5, 0.6) is 0 Å². The molecule has 4 heteroatoms. The standard InChI is InChI=1S/C10H21NO2S/c1-5-9(7-14-4)11-8(2)6-10(12)13-3/h8-9,11H,5-7H2,1-4H3. The first kappa shape index (κ1) is 13.8. The Hall–Kier alpha value is -0.220. The van der Waals surface area contributed by atoms with Crippen molar-refractivity contribution < 1.29 is 9.53 Å². The van der Waals surface area contributed by atoms with Crippen LogP contribution >= 0.6 is 11.8 Å². The average molecular weight is 219 g/mol. The summed E-state index contributed by atoms with van der Waals surface area (Å²) < 4.78 is 4.61. The molecule has 0 aromatic heterocycles. The first-order valence-corrected chi connectivity index (χ1v) is 6.35. The molecule has 84 valence electrons. The maximum absolute atomic E-state index is 11.0. The van der Waals surface area contributed by atoms with Crippen molar-refractivity contribution in [3.8, 4) is 0 Å². The van der Waals surface area contributed by atoms with E-state index >= 15 is 0 Å². The van der Waals surface area contributed by atoms with Crippen LogP contribution in [0, 0.1) is 0 Å². The monoisotopic (exact) mass is 219 g/mol. The molecule has 0 aliphatic heterocycles. The van der Waals surface area contributed by atoms with Crippen molar-refractivity contribution in [2.45, 2.75) is 38.8 Å². The van der Waals surface area contributed by atoms with Crippen molar-refractivity contribution in [1.29, 1.82) is 0 Å². The third-order valence-electron chi connectivity index (χ3n) is 2.08. The van der Waals surface area contributed by atoms with Crippen LogP contribution in [0.3, 0.4) is 0 Å². The number of thioether (sulfide) groups is 1. The van der Waals surface area contributed by atoms with E-state index in [1.165, 1.54) is 7.11 Å². The fraction of sp³-hybridized carbons (Fsp3) is 0.900. The Morgan fingerprint density at radius 2 is 2.21 bits per heavy atom. The molecule has 0 heterocycles. The molecule has 0 aromatic rings. The molecule has 2 atom stereocenters. The lowest BCUT2D eigenvalue weighted by Crippen LogP contribution is -2.39. The van der Waals surface area contributed by atoms with Crippen LogP contribution < -0.4 is 5.32 Å². The summed E-state index contributed by atoms with van der Waals surface area (Å²) in [6, 6.07) is 0.684. The van der Waals surface area contributed by atoms with Crippen molar-refractivity contribution in [1.82, 2.24) is 5.32 Å². The molecule has 0 aliphatic rings. The number of rotatable bonds is 7. The van der Waals surface area contributed by atoms with Gasteiger partial charge in [0.25, 0.3) is 0 Å². The van der Waals surface area contributed by atoms with E-state index in [1.807, 2.05) is 18.7 Å². The SMILES string of the molecule is CCC(CSC)NC(C)CC(=O)OC. The lowest BCUT2D eigenvalue weighted by molar-refractivity contribution is -0.141. The number of ether oxygens (including phenoxy) is 1. The minimum Gasteiger partial charge on any atom is -0.469 e. The highest BCUT2D eigenvalue weighted by atomic mass is 32.2. The lowest BCUT2D eigenvalue weighted by Gasteiger charge is -2.20. The smallest absolute Gasteiger partial charge is 0.307 e. The van der Waals surface area contributed by atoms with E-state index in [4.69, 9.17) is 0 Å². The van der Waals surface area contributed by atoms with E-state index in [0.29, 0.717) is 12.5 Å². The summed E-state index contributed by atoms with van der Waals surface area (Å²) in [4.78, 5) is 11.0. The Morgan fingerprint density at radius 3 is 2.64 bits per heavy atom. The highest BCUT2D eigenvalue weighted by Crippen LogP contribution is 2.04. The second-order valence-corrected chi connectivity index (χ2v) is 4.32. The fourth-order valence-electron chi connectivity index (χ4n) is 1.28. The number of carbonyl (C=O) groups excluding carboxylic acids is 1. The number of hydrogen-bond donors (Lipinski definition) is 1. The van der Waals surface area contributed by atoms with Gasteiger partial charge in [-0.2, -0.15) is 11.8 Å². The molecule has 0 saturated carbocycles. The molecule has 1 N–H and O–H groups in total. The molecule has 0 bridgehead atoms. The summed E-state index contributed by atoms with van der Waals surface area (Å²) in [5, 5.41) is 3.41. The highest BCUT2D eigenvalue weighted by molar-refractivity contribution is 7.98. The zero-order valence-corrected chi connectivity index (χ0v) is 10.3. The van der Waals surface area contributed by atoms with Gasteiger partial charge in [0, 0.05) is 17.8 Å². The molecule has 14 heavy (non-hydrogen) atoms. The van der Waals surface area contributed by atoms with Gasteiger partial charge < -0.3 is 10.1 Å². The summed E-state index contributed by atoms with van der Waals surface area (Å²) in [5.74, 6) is 0.936. The van der Waals surface area contributed by atoms with Crippen molar-refractivity contribution in [3.63, 3.8) is 0 Å². The van der Waals surface area contributed by atoms with Crippen LogP contribution in [0.4, 0.5) is 0 Å². The largest absolute Gasteiger partial charge is 0.469 e. The molecule has 3 nitrogen and oxygen atoms in total. The predicted molar refractivity (Wildman–Crippen MR) is 61.7 cm³/mol. The molecule has 0 fully saturated rings. The van der Waals surface area contributed by atoms with E-state index in [9.17, 15) is 4.79 Å². The van der Waals surface area contributed by atoms with Crippen LogP contribution in [0.25, 0.3) is 0 Å². The number of methoxy groups -OCH3 is 1. The summed E-state index contributed by atoms with van der Waals surface area (Å²) in [5.41, 5.74) is 0. The zero-order valence-electron chi connectivity index (χ0n) is 9.50. The molecule has 0 aromatic carbocycles. The van der Waals surface area contributed by atoms with Gasteiger partial charge >= 0.3 is 5.97 Å². The normalized spacial score (nSPS) is 14.9. The van der Waals surface area contributed by atoms with Crippen LogP contribution in [-0.2, 0) is 9.53 Å². The van der Waals surface area contributed by atoms with Gasteiger partial charge in [0.1, 0.15) is 0 Å². The Bertz CT molecular complexity index is 164. The fourth-order valence-corrected chi connectivity index (χ4v) is 2.01. The Balaban J connectivity index is 3.77.